The zero-order chi connectivity index (χ0) is 17.6. The van der Waals surface area contributed by atoms with Crippen molar-refractivity contribution in [3.8, 4) is 11.4 Å². The first-order valence-corrected chi connectivity index (χ1v) is 9.02. The maximum Gasteiger partial charge on any atom is 0.251 e. The average molecular weight is 353 g/mol. The second-order valence-electron chi connectivity index (χ2n) is 5.36. The van der Waals surface area contributed by atoms with Gasteiger partial charge < -0.3 is 10.1 Å². The van der Waals surface area contributed by atoms with Crippen LogP contribution in [0.15, 0.2) is 66.1 Å². The van der Waals surface area contributed by atoms with Crippen LogP contribution in [0.4, 0.5) is 0 Å². The summed E-state index contributed by atoms with van der Waals surface area (Å²) in [6.07, 6.45) is 5.66. The Bertz CT molecular complexity index is 842. The minimum absolute atomic E-state index is 0.0990. The van der Waals surface area contributed by atoms with Gasteiger partial charge in [-0.25, -0.2) is 4.98 Å². The molecule has 0 spiro atoms. The van der Waals surface area contributed by atoms with Gasteiger partial charge in [-0.2, -0.15) is 0 Å². The van der Waals surface area contributed by atoms with Gasteiger partial charge >= 0.3 is 0 Å². The normalized spacial score (nSPS) is 10.5. The van der Waals surface area contributed by atoms with Crippen LogP contribution in [0.3, 0.4) is 0 Å². The van der Waals surface area contributed by atoms with Gasteiger partial charge in [0.1, 0.15) is 5.75 Å². The van der Waals surface area contributed by atoms with Gasteiger partial charge in [-0.3, -0.25) is 9.36 Å². The summed E-state index contributed by atoms with van der Waals surface area (Å²) in [5.74, 6) is 0.702. The van der Waals surface area contributed by atoms with Crippen LogP contribution in [0.25, 0.3) is 5.69 Å². The molecule has 0 aliphatic heterocycles. The second-order valence-corrected chi connectivity index (χ2v) is 6.13. The summed E-state index contributed by atoms with van der Waals surface area (Å²) in [6, 6.07) is 15.1. The molecule has 2 aromatic carbocycles. The van der Waals surface area contributed by atoms with Gasteiger partial charge in [-0.15, -0.1) is 0 Å². The fourth-order valence-corrected chi connectivity index (χ4v) is 2.97. The molecule has 0 unspecified atom stereocenters. The molecule has 3 rings (SSSR count). The Labute approximate surface area is 151 Å². The lowest BCUT2D eigenvalue weighted by molar-refractivity contribution is 0.0951. The van der Waals surface area contributed by atoms with Crippen molar-refractivity contribution in [3.63, 3.8) is 0 Å². The maximum atomic E-state index is 12.3. The van der Waals surface area contributed by atoms with Crippen LogP contribution < -0.4 is 10.1 Å². The Morgan fingerprint density at radius 1 is 1.16 bits per heavy atom. The predicted octanol–water partition coefficient (Wildman–Crippen LogP) is 3.53. The summed E-state index contributed by atoms with van der Waals surface area (Å²) in [4.78, 5) is 16.6. The van der Waals surface area contributed by atoms with E-state index in [1.165, 1.54) is 0 Å². The molecule has 6 heteroatoms. The molecule has 1 heterocycles. The Morgan fingerprint density at radius 2 is 1.88 bits per heavy atom. The van der Waals surface area contributed by atoms with Gasteiger partial charge in [0.2, 0.25) is 0 Å². The van der Waals surface area contributed by atoms with Crippen molar-refractivity contribution in [2.75, 3.05) is 13.4 Å². The highest BCUT2D eigenvalue weighted by atomic mass is 32.2. The van der Waals surface area contributed by atoms with E-state index in [1.807, 2.05) is 65.6 Å². The Hall–Kier alpha value is -2.73. The molecule has 25 heavy (non-hydrogen) atoms. The number of nitrogens with zero attached hydrogens (tertiary/aromatic N) is 2. The van der Waals surface area contributed by atoms with Crippen molar-refractivity contribution in [3.05, 3.63) is 72.1 Å². The average Bonchev–Trinajstić information content (AvgIpc) is 3.15. The number of carbonyl (C=O) groups excluding carboxylic acids is 1. The van der Waals surface area contributed by atoms with Crippen molar-refractivity contribution in [2.45, 2.75) is 11.7 Å². The molecule has 0 aliphatic carbocycles. The Morgan fingerprint density at radius 3 is 2.52 bits per heavy atom. The Kier molecular flexibility index (Phi) is 5.40. The van der Waals surface area contributed by atoms with Crippen molar-refractivity contribution in [1.82, 2.24) is 14.9 Å². The highest BCUT2D eigenvalue weighted by Gasteiger charge is 2.08. The van der Waals surface area contributed by atoms with Gasteiger partial charge in [0.25, 0.3) is 5.91 Å². The SMILES string of the molecule is COc1ccc(CNC(=O)c2ccc(-n3ccnc3SC)cc2)cc1. The number of methoxy groups -OCH3 is 1. The van der Waals surface area contributed by atoms with E-state index < -0.39 is 0 Å². The molecule has 1 N–H and O–H groups in total. The van der Waals surface area contributed by atoms with Crippen LogP contribution in [0.2, 0.25) is 0 Å². The lowest BCUT2D eigenvalue weighted by Gasteiger charge is -2.09. The van der Waals surface area contributed by atoms with Crippen LogP contribution >= 0.6 is 11.8 Å². The second kappa shape index (κ2) is 7.90. The summed E-state index contributed by atoms with van der Waals surface area (Å²) in [5.41, 5.74) is 2.63. The summed E-state index contributed by atoms with van der Waals surface area (Å²) >= 11 is 1.58. The molecule has 0 saturated carbocycles. The van der Waals surface area contributed by atoms with E-state index >= 15 is 0 Å². The predicted molar refractivity (Wildman–Crippen MR) is 99.5 cm³/mol. The molecule has 0 aliphatic rings. The third-order valence-electron chi connectivity index (χ3n) is 3.81. The quantitative estimate of drug-likeness (QED) is 0.689. The highest BCUT2D eigenvalue weighted by Crippen LogP contribution is 2.18. The minimum atomic E-state index is -0.0990. The molecule has 1 aromatic heterocycles. The largest absolute Gasteiger partial charge is 0.497 e. The molecule has 5 nitrogen and oxygen atoms in total. The summed E-state index contributed by atoms with van der Waals surface area (Å²) in [7, 11) is 1.63. The monoisotopic (exact) mass is 353 g/mol. The standard InChI is InChI=1S/C19H19N3O2S/c1-24-17-9-3-14(4-10-17)13-21-18(23)15-5-7-16(8-6-15)22-12-11-20-19(22)25-2/h3-12H,13H2,1-2H3,(H,21,23). The molecular weight excluding hydrogens is 334 g/mol. The van der Waals surface area contributed by atoms with Crippen molar-refractivity contribution in [1.29, 1.82) is 0 Å². The number of carbonyl (C=O) groups is 1. The van der Waals surface area contributed by atoms with Gasteiger partial charge in [-0.05, 0) is 48.2 Å². The molecule has 0 saturated heterocycles. The number of thioether (sulfide) groups is 1. The first kappa shape index (κ1) is 17.1. The number of benzene rings is 2. The molecular formula is C19H19N3O2S. The van der Waals surface area contributed by atoms with Crippen molar-refractivity contribution < 1.29 is 9.53 Å². The molecule has 0 radical (unpaired) electrons. The number of nitrogens with one attached hydrogen (secondary N) is 1. The summed E-state index contributed by atoms with van der Waals surface area (Å²) in [5, 5.41) is 3.84. The molecule has 0 bridgehead atoms. The first-order valence-electron chi connectivity index (χ1n) is 7.80. The fourth-order valence-electron chi connectivity index (χ4n) is 2.44. The number of aromatic nitrogens is 2. The van der Waals surface area contributed by atoms with E-state index in [0.29, 0.717) is 12.1 Å². The minimum Gasteiger partial charge on any atom is -0.497 e. The van der Waals surface area contributed by atoms with Crippen LogP contribution in [0.1, 0.15) is 15.9 Å². The molecule has 0 atom stereocenters. The Balaban J connectivity index is 1.64. The van der Waals surface area contributed by atoms with Crippen molar-refractivity contribution >= 4 is 17.7 Å². The summed E-state index contributed by atoms with van der Waals surface area (Å²) < 4.78 is 7.12. The van der Waals surface area contributed by atoms with E-state index in [2.05, 4.69) is 10.3 Å². The summed E-state index contributed by atoms with van der Waals surface area (Å²) in [6.45, 7) is 0.475. The topological polar surface area (TPSA) is 56.1 Å². The maximum absolute atomic E-state index is 12.3. The van der Waals surface area contributed by atoms with E-state index in [4.69, 9.17) is 4.74 Å². The van der Waals surface area contributed by atoms with Gasteiger partial charge in [0.15, 0.2) is 5.16 Å². The lowest BCUT2D eigenvalue weighted by Crippen LogP contribution is -2.22. The third-order valence-corrected chi connectivity index (χ3v) is 4.48. The number of ether oxygens (including phenoxy) is 1. The fraction of sp³-hybridized carbons (Fsp3) is 0.158. The number of hydrogen-bond donors (Lipinski definition) is 1. The van der Waals surface area contributed by atoms with Crippen LogP contribution in [0.5, 0.6) is 5.75 Å². The van der Waals surface area contributed by atoms with E-state index in [9.17, 15) is 4.79 Å². The number of imidazole rings is 1. The molecule has 128 valence electrons. The van der Waals surface area contributed by atoms with Gasteiger partial charge in [0.05, 0.1) is 7.11 Å². The van der Waals surface area contributed by atoms with Crippen LogP contribution in [0, 0.1) is 0 Å². The third kappa shape index (κ3) is 4.03. The lowest BCUT2D eigenvalue weighted by atomic mass is 10.1. The first-order chi connectivity index (χ1) is 12.2. The molecule has 1 amide bonds. The van der Waals surface area contributed by atoms with Crippen LogP contribution in [-0.4, -0.2) is 28.8 Å². The zero-order valence-corrected chi connectivity index (χ0v) is 14.9. The highest BCUT2D eigenvalue weighted by molar-refractivity contribution is 7.98. The van der Waals surface area contributed by atoms with E-state index in [-0.39, 0.29) is 5.91 Å². The zero-order valence-electron chi connectivity index (χ0n) is 14.1. The van der Waals surface area contributed by atoms with E-state index in [1.54, 1.807) is 25.1 Å². The number of rotatable bonds is 6. The molecule has 3 aromatic rings. The molecule has 0 fully saturated rings. The van der Waals surface area contributed by atoms with Gasteiger partial charge in [0, 0.05) is 30.2 Å². The van der Waals surface area contributed by atoms with E-state index in [0.717, 1.165) is 22.2 Å². The smallest absolute Gasteiger partial charge is 0.251 e. The van der Waals surface area contributed by atoms with Gasteiger partial charge in [-0.1, -0.05) is 23.9 Å². The van der Waals surface area contributed by atoms with Crippen molar-refractivity contribution in [2.24, 2.45) is 0 Å². The number of hydrogen-bond acceptors (Lipinski definition) is 4. The van der Waals surface area contributed by atoms with Crippen LogP contribution in [-0.2, 0) is 6.54 Å². The number of amides is 1.